The summed E-state index contributed by atoms with van der Waals surface area (Å²) in [4.78, 5) is 0. The van der Waals surface area contributed by atoms with Gasteiger partial charge in [-0.3, -0.25) is 0 Å². The molecule has 1 nitrogen and oxygen atoms in total. The van der Waals surface area contributed by atoms with Crippen LogP contribution in [0.3, 0.4) is 0 Å². The molecule has 0 bridgehead atoms. The summed E-state index contributed by atoms with van der Waals surface area (Å²) < 4.78 is 0. The number of halogens is 2. The average Bonchev–Trinajstić information content (AvgIpc) is 2.34. The van der Waals surface area contributed by atoms with Crippen molar-refractivity contribution in [3.8, 4) is 0 Å². The van der Waals surface area contributed by atoms with Crippen molar-refractivity contribution in [2.24, 2.45) is 0 Å². The van der Waals surface area contributed by atoms with E-state index in [0.29, 0.717) is 16.5 Å². The molecule has 2 aromatic rings. The SMILES string of the molecule is OC(Cc1ccc(Cl)cc1Cl)c1ccccc1. The molecule has 0 radical (unpaired) electrons. The molecule has 3 heteroatoms. The predicted octanol–water partition coefficient (Wildman–Crippen LogP) is 4.27. The highest BCUT2D eigenvalue weighted by Crippen LogP contribution is 2.25. The molecular formula is C14H12Cl2O. The molecule has 0 heterocycles. The minimum absolute atomic E-state index is 0.486. The van der Waals surface area contributed by atoms with E-state index in [2.05, 4.69) is 0 Å². The summed E-state index contributed by atoms with van der Waals surface area (Å²) in [5, 5.41) is 11.3. The topological polar surface area (TPSA) is 20.2 Å². The summed E-state index contributed by atoms with van der Waals surface area (Å²) in [5.74, 6) is 0. The number of aliphatic hydroxyl groups is 1. The summed E-state index contributed by atoms with van der Waals surface area (Å²) in [6.45, 7) is 0. The van der Waals surface area contributed by atoms with Crippen LogP contribution < -0.4 is 0 Å². The predicted molar refractivity (Wildman–Crippen MR) is 71.6 cm³/mol. The lowest BCUT2D eigenvalue weighted by Gasteiger charge is -2.12. The Kier molecular flexibility index (Phi) is 4.06. The van der Waals surface area contributed by atoms with Gasteiger partial charge in [-0.2, -0.15) is 0 Å². The zero-order valence-corrected chi connectivity index (χ0v) is 10.6. The van der Waals surface area contributed by atoms with Gasteiger partial charge in [-0.1, -0.05) is 59.6 Å². The van der Waals surface area contributed by atoms with Crippen molar-refractivity contribution in [2.75, 3.05) is 0 Å². The zero-order chi connectivity index (χ0) is 12.3. The largest absolute Gasteiger partial charge is 0.388 e. The van der Waals surface area contributed by atoms with Gasteiger partial charge >= 0.3 is 0 Å². The maximum atomic E-state index is 10.1. The molecule has 1 N–H and O–H groups in total. The highest BCUT2D eigenvalue weighted by molar-refractivity contribution is 6.35. The monoisotopic (exact) mass is 266 g/mol. The minimum Gasteiger partial charge on any atom is -0.388 e. The van der Waals surface area contributed by atoms with Crippen LogP contribution in [0.15, 0.2) is 48.5 Å². The van der Waals surface area contributed by atoms with Gasteiger partial charge in [-0.05, 0) is 23.3 Å². The Bertz CT molecular complexity index is 497. The van der Waals surface area contributed by atoms with Gasteiger partial charge in [-0.25, -0.2) is 0 Å². The zero-order valence-electron chi connectivity index (χ0n) is 9.11. The van der Waals surface area contributed by atoms with E-state index in [-0.39, 0.29) is 0 Å². The molecule has 0 fully saturated rings. The molecule has 1 atom stereocenters. The Morgan fingerprint density at radius 2 is 1.71 bits per heavy atom. The Morgan fingerprint density at radius 1 is 1.00 bits per heavy atom. The van der Waals surface area contributed by atoms with E-state index in [0.717, 1.165) is 11.1 Å². The summed E-state index contributed by atoms with van der Waals surface area (Å²) >= 11 is 11.9. The number of hydrogen-bond donors (Lipinski definition) is 1. The van der Waals surface area contributed by atoms with Crippen LogP contribution in [0.4, 0.5) is 0 Å². The van der Waals surface area contributed by atoms with Crippen molar-refractivity contribution in [3.05, 3.63) is 69.7 Å². The fraction of sp³-hybridized carbons (Fsp3) is 0.143. The van der Waals surface area contributed by atoms with Gasteiger partial charge in [0.1, 0.15) is 0 Å². The van der Waals surface area contributed by atoms with E-state index in [9.17, 15) is 5.11 Å². The van der Waals surface area contributed by atoms with Crippen molar-refractivity contribution >= 4 is 23.2 Å². The second kappa shape index (κ2) is 5.54. The Morgan fingerprint density at radius 3 is 2.35 bits per heavy atom. The van der Waals surface area contributed by atoms with Crippen LogP contribution in [0, 0.1) is 0 Å². The normalized spacial score (nSPS) is 12.4. The molecule has 0 aromatic heterocycles. The van der Waals surface area contributed by atoms with Crippen LogP contribution in [-0.4, -0.2) is 5.11 Å². The third-order valence-corrected chi connectivity index (χ3v) is 3.20. The fourth-order valence-corrected chi connectivity index (χ4v) is 2.17. The first kappa shape index (κ1) is 12.4. The van der Waals surface area contributed by atoms with Crippen molar-refractivity contribution < 1.29 is 5.11 Å². The van der Waals surface area contributed by atoms with Crippen LogP contribution >= 0.6 is 23.2 Å². The third-order valence-electron chi connectivity index (χ3n) is 2.61. The van der Waals surface area contributed by atoms with Gasteiger partial charge in [0.25, 0.3) is 0 Å². The molecule has 2 aromatic carbocycles. The standard InChI is InChI=1S/C14H12Cl2O/c15-12-7-6-11(13(16)9-12)8-14(17)10-4-2-1-3-5-10/h1-7,9,14,17H,8H2. The molecule has 17 heavy (non-hydrogen) atoms. The lowest BCUT2D eigenvalue weighted by molar-refractivity contribution is 0.178. The first-order chi connectivity index (χ1) is 8.16. The van der Waals surface area contributed by atoms with Gasteiger partial charge in [0.15, 0.2) is 0 Å². The lowest BCUT2D eigenvalue weighted by Crippen LogP contribution is -2.01. The maximum Gasteiger partial charge on any atom is 0.0830 e. The van der Waals surface area contributed by atoms with Gasteiger partial charge in [0, 0.05) is 16.5 Å². The van der Waals surface area contributed by atoms with E-state index in [1.807, 2.05) is 36.4 Å². The van der Waals surface area contributed by atoms with E-state index < -0.39 is 6.10 Å². The molecule has 0 saturated carbocycles. The minimum atomic E-state index is -0.546. The molecule has 88 valence electrons. The third kappa shape index (κ3) is 3.22. The molecule has 0 aliphatic heterocycles. The summed E-state index contributed by atoms with van der Waals surface area (Å²) in [6.07, 6.45) is -0.0603. The quantitative estimate of drug-likeness (QED) is 0.880. The molecule has 1 unspecified atom stereocenters. The summed E-state index contributed by atoms with van der Waals surface area (Å²) in [5.41, 5.74) is 1.78. The van der Waals surface area contributed by atoms with Crippen molar-refractivity contribution in [1.82, 2.24) is 0 Å². The van der Waals surface area contributed by atoms with Gasteiger partial charge in [-0.15, -0.1) is 0 Å². The van der Waals surface area contributed by atoms with Crippen molar-refractivity contribution in [1.29, 1.82) is 0 Å². The second-order valence-electron chi connectivity index (χ2n) is 3.87. The van der Waals surface area contributed by atoms with Crippen LogP contribution in [0.25, 0.3) is 0 Å². The van der Waals surface area contributed by atoms with E-state index >= 15 is 0 Å². The Labute approximate surface area is 111 Å². The average molecular weight is 267 g/mol. The fourth-order valence-electron chi connectivity index (χ4n) is 1.69. The number of hydrogen-bond acceptors (Lipinski definition) is 1. The molecular weight excluding hydrogens is 255 g/mol. The highest BCUT2D eigenvalue weighted by atomic mass is 35.5. The summed E-state index contributed by atoms with van der Waals surface area (Å²) in [7, 11) is 0. The maximum absolute atomic E-state index is 10.1. The summed E-state index contributed by atoms with van der Waals surface area (Å²) in [6, 6.07) is 14.8. The van der Waals surface area contributed by atoms with Crippen LogP contribution in [0.2, 0.25) is 10.0 Å². The van der Waals surface area contributed by atoms with E-state index in [4.69, 9.17) is 23.2 Å². The number of aliphatic hydroxyl groups excluding tert-OH is 1. The molecule has 0 saturated heterocycles. The molecule has 0 spiro atoms. The van der Waals surface area contributed by atoms with E-state index in [1.165, 1.54) is 0 Å². The first-order valence-corrected chi connectivity index (χ1v) is 6.09. The Balaban J connectivity index is 2.16. The van der Waals surface area contributed by atoms with Gasteiger partial charge < -0.3 is 5.11 Å². The number of benzene rings is 2. The molecule has 0 amide bonds. The second-order valence-corrected chi connectivity index (χ2v) is 4.71. The van der Waals surface area contributed by atoms with Gasteiger partial charge in [0.05, 0.1) is 6.10 Å². The molecule has 2 rings (SSSR count). The van der Waals surface area contributed by atoms with Crippen molar-refractivity contribution in [3.63, 3.8) is 0 Å². The van der Waals surface area contributed by atoms with Crippen LogP contribution in [0.5, 0.6) is 0 Å². The highest BCUT2D eigenvalue weighted by Gasteiger charge is 2.10. The smallest absolute Gasteiger partial charge is 0.0830 e. The molecule has 0 aliphatic carbocycles. The lowest BCUT2D eigenvalue weighted by atomic mass is 10.0. The Hall–Kier alpha value is -1.02. The molecule has 0 aliphatic rings. The van der Waals surface area contributed by atoms with Gasteiger partial charge in [0.2, 0.25) is 0 Å². The van der Waals surface area contributed by atoms with Crippen LogP contribution in [-0.2, 0) is 6.42 Å². The van der Waals surface area contributed by atoms with Crippen LogP contribution in [0.1, 0.15) is 17.2 Å². The first-order valence-electron chi connectivity index (χ1n) is 5.34. The van der Waals surface area contributed by atoms with Crippen molar-refractivity contribution in [2.45, 2.75) is 12.5 Å². The van der Waals surface area contributed by atoms with E-state index in [1.54, 1.807) is 12.1 Å². The number of rotatable bonds is 3.